The number of carbonyl (C=O) groups is 2. The predicted molar refractivity (Wildman–Crippen MR) is 104 cm³/mol. The first kappa shape index (κ1) is 20.8. The van der Waals surface area contributed by atoms with Gasteiger partial charge in [0.2, 0.25) is 0 Å². The van der Waals surface area contributed by atoms with E-state index in [1.165, 1.54) is 12.1 Å². The number of hydrogen-bond donors (Lipinski definition) is 0. The predicted octanol–water partition coefficient (Wildman–Crippen LogP) is 3.20. The lowest BCUT2D eigenvalue weighted by atomic mass is 10.2. The van der Waals surface area contributed by atoms with Gasteiger partial charge in [-0.25, -0.2) is 9.18 Å². The van der Waals surface area contributed by atoms with E-state index in [9.17, 15) is 14.0 Å². The second-order valence-electron chi connectivity index (χ2n) is 7.04. The highest BCUT2D eigenvalue weighted by Crippen LogP contribution is 2.21. The summed E-state index contributed by atoms with van der Waals surface area (Å²) in [5.41, 5.74) is 0.992. The average molecular weight is 401 g/mol. The van der Waals surface area contributed by atoms with Crippen molar-refractivity contribution in [1.82, 2.24) is 4.90 Å². The monoisotopic (exact) mass is 401 g/mol. The van der Waals surface area contributed by atoms with Crippen molar-refractivity contribution < 1.29 is 28.2 Å². The molecular weight excluding hydrogens is 377 g/mol. The highest BCUT2D eigenvalue weighted by molar-refractivity contribution is 5.94. The molecule has 2 atom stereocenters. The number of carbonyl (C=O) groups excluding carboxylic acids is 2. The highest BCUT2D eigenvalue weighted by Gasteiger charge is 2.26. The Hall–Kier alpha value is -2.93. The fraction of sp³-hybridized carbons (Fsp3) is 0.364. The van der Waals surface area contributed by atoms with E-state index in [4.69, 9.17) is 14.2 Å². The molecular formula is C22H24FNO5. The second kappa shape index (κ2) is 9.52. The number of benzene rings is 2. The van der Waals surface area contributed by atoms with Crippen LogP contribution >= 0.6 is 0 Å². The van der Waals surface area contributed by atoms with Gasteiger partial charge in [0.15, 0.2) is 6.61 Å². The first-order chi connectivity index (χ1) is 13.9. The molecule has 154 valence electrons. The zero-order valence-corrected chi connectivity index (χ0v) is 16.5. The van der Waals surface area contributed by atoms with Gasteiger partial charge in [0.05, 0.1) is 12.2 Å². The summed E-state index contributed by atoms with van der Waals surface area (Å²) >= 11 is 0. The summed E-state index contributed by atoms with van der Waals surface area (Å²) in [5.74, 6) is -0.887. The molecule has 1 aliphatic rings. The number of esters is 1. The van der Waals surface area contributed by atoms with Crippen molar-refractivity contribution in [1.29, 1.82) is 0 Å². The molecule has 0 radical (unpaired) electrons. The summed E-state index contributed by atoms with van der Waals surface area (Å²) in [5, 5.41) is 0. The smallest absolute Gasteiger partial charge is 0.342 e. The van der Waals surface area contributed by atoms with Crippen LogP contribution in [0.5, 0.6) is 5.75 Å². The molecule has 6 nitrogen and oxygen atoms in total. The summed E-state index contributed by atoms with van der Waals surface area (Å²) in [7, 11) is 0. The third kappa shape index (κ3) is 5.77. The Bertz CT molecular complexity index is 845. The minimum atomic E-state index is -0.637. The van der Waals surface area contributed by atoms with E-state index in [1.54, 1.807) is 41.3 Å². The molecule has 1 fully saturated rings. The van der Waals surface area contributed by atoms with Gasteiger partial charge in [-0.2, -0.15) is 0 Å². The van der Waals surface area contributed by atoms with E-state index in [0.717, 1.165) is 5.56 Å². The number of halogens is 1. The maximum absolute atomic E-state index is 13.0. The van der Waals surface area contributed by atoms with Gasteiger partial charge < -0.3 is 19.1 Å². The van der Waals surface area contributed by atoms with E-state index >= 15 is 0 Å². The molecule has 0 bridgehead atoms. The minimum absolute atomic E-state index is 0.0565. The van der Waals surface area contributed by atoms with Gasteiger partial charge in [-0.15, -0.1) is 0 Å². The molecule has 0 unspecified atom stereocenters. The van der Waals surface area contributed by atoms with E-state index in [-0.39, 0.29) is 42.7 Å². The van der Waals surface area contributed by atoms with Crippen LogP contribution in [0, 0.1) is 5.82 Å². The number of amides is 1. The molecule has 0 aliphatic carbocycles. The zero-order valence-electron chi connectivity index (χ0n) is 16.5. The SMILES string of the molecule is C[C@H]1CN(C(=O)COC(=O)c2ccccc2OCc2ccc(F)cc2)C[C@H](C)O1. The lowest BCUT2D eigenvalue weighted by molar-refractivity contribution is -0.146. The molecule has 1 amide bonds. The van der Waals surface area contributed by atoms with E-state index in [1.807, 2.05) is 13.8 Å². The van der Waals surface area contributed by atoms with Crippen LogP contribution in [0.1, 0.15) is 29.8 Å². The highest BCUT2D eigenvalue weighted by atomic mass is 19.1. The lowest BCUT2D eigenvalue weighted by Gasteiger charge is -2.35. The van der Waals surface area contributed by atoms with Gasteiger partial charge in [-0.3, -0.25) is 4.79 Å². The van der Waals surface area contributed by atoms with Crippen LogP contribution in [0.25, 0.3) is 0 Å². The van der Waals surface area contributed by atoms with Crippen LogP contribution < -0.4 is 4.74 Å². The maximum atomic E-state index is 13.0. The van der Waals surface area contributed by atoms with Crippen molar-refractivity contribution in [2.75, 3.05) is 19.7 Å². The summed E-state index contributed by atoms with van der Waals surface area (Å²) < 4.78 is 29.5. The van der Waals surface area contributed by atoms with Gasteiger partial charge in [0, 0.05) is 13.1 Å². The molecule has 3 rings (SSSR count). The number of morpholine rings is 1. The molecule has 1 heterocycles. The standard InChI is InChI=1S/C22H24FNO5/c1-15-11-24(12-16(2)29-15)21(25)14-28-22(26)19-5-3-4-6-20(19)27-13-17-7-9-18(23)10-8-17/h3-10,15-16H,11-14H2,1-2H3/t15-,16-/m0/s1. The molecule has 7 heteroatoms. The van der Waals surface area contributed by atoms with Crippen LogP contribution in [0.15, 0.2) is 48.5 Å². The molecule has 0 saturated carbocycles. The number of nitrogens with zero attached hydrogens (tertiary/aromatic N) is 1. The first-order valence-electron chi connectivity index (χ1n) is 9.49. The van der Waals surface area contributed by atoms with Crippen LogP contribution in [-0.4, -0.2) is 48.7 Å². The third-order valence-corrected chi connectivity index (χ3v) is 4.51. The van der Waals surface area contributed by atoms with Crippen molar-refractivity contribution >= 4 is 11.9 Å². The summed E-state index contributed by atoms with van der Waals surface area (Å²) in [4.78, 5) is 26.5. The Morgan fingerprint density at radius 3 is 2.41 bits per heavy atom. The van der Waals surface area contributed by atoms with Crippen LogP contribution in [-0.2, 0) is 20.9 Å². The molecule has 2 aromatic rings. The Labute approximate surface area is 169 Å². The Morgan fingerprint density at radius 2 is 1.72 bits per heavy atom. The topological polar surface area (TPSA) is 65.1 Å². The van der Waals surface area contributed by atoms with Crippen molar-refractivity contribution in [2.24, 2.45) is 0 Å². The van der Waals surface area contributed by atoms with Crippen LogP contribution in [0.3, 0.4) is 0 Å². The first-order valence-corrected chi connectivity index (χ1v) is 9.49. The number of para-hydroxylation sites is 1. The summed E-state index contributed by atoms with van der Waals surface area (Å²) in [6.45, 7) is 4.57. The maximum Gasteiger partial charge on any atom is 0.342 e. The summed E-state index contributed by atoms with van der Waals surface area (Å²) in [6.07, 6.45) is -0.113. The van der Waals surface area contributed by atoms with Crippen molar-refractivity contribution in [3.63, 3.8) is 0 Å². The molecule has 2 aromatic carbocycles. The van der Waals surface area contributed by atoms with Crippen molar-refractivity contribution in [3.05, 3.63) is 65.5 Å². The largest absolute Gasteiger partial charge is 0.488 e. The molecule has 0 aromatic heterocycles. The van der Waals surface area contributed by atoms with E-state index in [0.29, 0.717) is 18.8 Å². The Morgan fingerprint density at radius 1 is 1.07 bits per heavy atom. The number of hydrogen-bond acceptors (Lipinski definition) is 5. The molecule has 1 aliphatic heterocycles. The van der Waals surface area contributed by atoms with Crippen molar-refractivity contribution in [2.45, 2.75) is 32.7 Å². The van der Waals surface area contributed by atoms with Crippen LogP contribution in [0.4, 0.5) is 4.39 Å². The number of ether oxygens (including phenoxy) is 3. The number of rotatable bonds is 6. The van der Waals surface area contributed by atoms with E-state index < -0.39 is 5.97 Å². The van der Waals surface area contributed by atoms with Gasteiger partial charge in [-0.1, -0.05) is 24.3 Å². The van der Waals surface area contributed by atoms with E-state index in [2.05, 4.69) is 0 Å². The van der Waals surface area contributed by atoms with Crippen LogP contribution in [0.2, 0.25) is 0 Å². The molecule has 1 saturated heterocycles. The minimum Gasteiger partial charge on any atom is -0.488 e. The molecule has 0 spiro atoms. The average Bonchev–Trinajstić information content (AvgIpc) is 2.71. The molecule has 29 heavy (non-hydrogen) atoms. The van der Waals surface area contributed by atoms with Gasteiger partial charge in [0.1, 0.15) is 23.7 Å². The van der Waals surface area contributed by atoms with Crippen molar-refractivity contribution in [3.8, 4) is 5.75 Å². The Balaban J connectivity index is 1.58. The fourth-order valence-corrected chi connectivity index (χ4v) is 3.18. The van der Waals surface area contributed by atoms with Gasteiger partial charge in [0.25, 0.3) is 5.91 Å². The van der Waals surface area contributed by atoms with Gasteiger partial charge in [-0.05, 0) is 43.7 Å². The third-order valence-electron chi connectivity index (χ3n) is 4.51. The quantitative estimate of drug-likeness (QED) is 0.696. The lowest BCUT2D eigenvalue weighted by Crippen LogP contribution is -2.49. The molecule has 0 N–H and O–H groups in total. The van der Waals surface area contributed by atoms with Gasteiger partial charge >= 0.3 is 5.97 Å². The Kier molecular flexibility index (Phi) is 6.82. The fourth-order valence-electron chi connectivity index (χ4n) is 3.18. The summed E-state index contributed by atoms with van der Waals surface area (Å²) in [6, 6.07) is 12.6. The normalized spacial score (nSPS) is 18.9. The zero-order chi connectivity index (χ0) is 20.8. The second-order valence-corrected chi connectivity index (χ2v) is 7.04.